The molecular formula is C48H39N3S. The van der Waals surface area contributed by atoms with Crippen molar-refractivity contribution in [3.8, 4) is 45.3 Å². The molecule has 1 spiro atoms. The number of nitrogens with zero attached hydrogens (tertiary/aromatic N) is 3. The van der Waals surface area contributed by atoms with E-state index in [4.69, 9.17) is 15.0 Å². The van der Waals surface area contributed by atoms with Gasteiger partial charge in [-0.1, -0.05) is 97.6 Å². The lowest BCUT2D eigenvalue weighted by atomic mass is 9.42. The molecule has 0 unspecified atom stereocenters. The molecule has 0 N–H and O–H groups in total. The van der Waals surface area contributed by atoms with Crippen LogP contribution in [-0.2, 0) is 5.41 Å². The number of rotatable bonds is 5. The highest BCUT2D eigenvalue weighted by molar-refractivity contribution is 7.25. The van der Waals surface area contributed by atoms with Crippen molar-refractivity contribution in [3.05, 3.63) is 144 Å². The largest absolute Gasteiger partial charge is 0.208 e. The summed E-state index contributed by atoms with van der Waals surface area (Å²) in [5.74, 6) is 5.20. The summed E-state index contributed by atoms with van der Waals surface area (Å²) in [6.45, 7) is 6.33. The molecule has 52 heavy (non-hydrogen) atoms. The van der Waals surface area contributed by atoms with Crippen molar-refractivity contribution in [3.63, 3.8) is 0 Å². The van der Waals surface area contributed by atoms with Gasteiger partial charge in [0, 0.05) is 42.3 Å². The SMILES string of the molecule is C=C/C=C\c1c(C)ccc2c1C1(c3cc(-c4nc(-c5ccccc5)nc(-c5ccc6sc7ccccc7c6c5)n4)ccc3-2)C2CC3CC(C2)CC1C3. The minimum Gasteiger partial charge on any atom is -0.208 e. The molecule has 0 radical (unpaired) electrons. The third-order valence-corrected chi connectivity index (χ3v) is 14.2. The smallest absolute Gasteiger partial charge is 0.164 e. The zero-order valence-electron chi connectivity index (χ0n) is 29.3. The highest BCUT2D eigenvalue weighted by atomic mass is 32.1. The molecular weight excluding hydrogens is 651 g/mol. The fourth-order valence-corrected chi connectivity index (χ4v) is 12.2. The highest BCUT2D eigenvalue weighted by Crippen LogP contribution is 2.70. The van der Waals surface area contributed by atoms with Gasteiger partial charge in [-0.05, 0) is 126 Å². The first-order chi connectivity index (χ1) is 25.6. The molecule has 5 aliphatic carbocycles. The molecule has 0 saturated heterocycles. The topological polar surface area (TPSA) is 38.7 Å². The van der Waals surface area contributed by atoms with Crippen molar-refractivity contribution < 1.29 is 0 Å². The van der Waals surface area contributed by atoms with Crippen LogP contribution in [0.1, 0.15) is 54.4 Å². The molecule has 4 bridgehead atoms. The summed E-state index contributed by atoms with van der Waals surface area (Å²) in [5.41, 5.74) is 11.7. The van der Waals surface area contributed by atoms with Crippen LogP contribution >= 0.6 is 11.3 Å². The van der Waals surface area contributed by atoms with Crippen LogP contribution in [0.15, 0.2) is 122 Å². The second-order valence-electron chi connectivity index (χ2n) is 15.7. The molecule has 12 rings (SSSR count). The van der Waals surface area contributed by atoms with E-state index in [1.54, 1.807) is 5.56 Å². The Morgan fingerprint density at radius 3 is 2.02 bits per heavy atom. The number of thiophene rings is 1. The Bertz CT molecular complexity index is 2600. The van der Waals surface area contributed by atoms with E-state index in [0.29, 0.717) is 23.5 Å². The molecule has 4 fully saturated rings. The molecule has 0 amide bonds. The van der Waals surface area contributed by atoms with Crippen LogP contribution in [0.5, 0.6) is 0 Å². The number of fused-ring (bicyclic) bond motifs is 6. The van der Waals surface area contributed by atoms with Gasteiger partial charge >= 0.3 is 0 Å². The summed E-state index contributed by atoms with van der Waals surface area (Å²) < 4.78 is 2.58. The van der Waals surface area contributed by atoms with Crippen molar-refractivity contribution >= 4 is 37.6 Å². The first-order valence-corrected chi connectivity index (χ1v) is 19.7. The van der Waals surface area contributed by atoms with E-state index in [9.17, 15) is 0 Å². The van der Waals surface area contributed by atoms with Crippen LogP contribution in [-0.4, -0.2) is 15.0 Å². The molecule has 0 atom stereocenters. The first-order valence-electron chi connectivity index (χ1n) is 18.9. The first kappa shape index (κ1) is 30.4. The third-order valence-electron chi connectivity index (χ3n) is 13.0. The third kappa shape index (κ3) is 4.34. The molecule has 4 saturated carbocycles. The van der Waals surface area contributed by atoms with Crippen molar-refractivity contribution in [2.45, 2.75) is 44.4 Å². The Balaban J connectivity index is 1.13. The van der Waals surface area contributed by atoms with E-state index >= 15 is 0 Å². The predicted molar refractivity (Wildman–Crippen MR) is 216 cm³/mol. The van der Waals surface area contributed by atoms with Crippen LogP contribution in [0.25, 0.3) is 71.5 Å². The number of benzene rings is 5. The normalized spacial score (nSPS) is 23.9. The summed E-state index contributed by atoms with van der Waals surface area (Å²) in [6, 6.07) is 37.6. The summed E-state index contributed by atoms with van der Waals surface area (Å²) in [6.07, 6.45) is 13.2. The van der Waals surface area contributed by atoms with E-state index in [1.165, 1.54) is 80.1 Å². The summed E-state index contributed by atoms with van der Waals surface area (Å²) in [4.78, 5) is 15.7. The van der Waals surface area contributed by atoms with Crippen LogP contribution in [0, 0.1) is 30.6 Å². The lowest BCUT2D eigenvalue weighted by Crippen LogP contribution is -2.55. The Hall–Kier alpha value is -5.19. The maximum Gasteiger partial charge on any atom is 0.164 e. The van der Waals surface area contributed by atoms with Gasteiger partial charge in [0.05, 0.1) is 0 Å². The van der Waals surface area contributed by atoms with Gasteiger partial charge in [-0.2, -0.15) is 0 Å². The Kier molecular flexibility index (Phi) is 6.68. The molecule has 4 heteroatoms. The summed E-state index contributed by atoms with van der Waals surface area (Å²) in [7, 11) is 0. The average Bonchev–Trinajstić information content (AvgIpc) is 3.69. The average molecular weight is 690 g/mol. The highest BCUT2D eigenvalue weighted by Gasteiger charge is 2.62. The van der Waals surface area contributed by atoms with Gasteiger partial charge in [0.2, 0.25) is 0 Å². The molecule has 252 valence electrons. The van der Waals surface area contributed by atoms with Gasteiger partial charge in [-0.15, -0.1) is 11.3 Å². The number of aromatic nitrogens is 3. The summed E-state index contributed by atoms with van der Waals surface area (Å²) in [5, 5.41) is 2.52. The molecule has 0 aliphatic heterocycles. The monoisotopic (exact) mass is 689 g/mol. The lowest BCUT2D eigenvalue weighted by Gasteiger charge is -2.61. The molecule has 5 aromatic carbocycles. The van der Waals surface area contributed by atoms with E-state index < -0.39 is 0 Å². The zero-order chi connectivity index (χ0) is 34.6. The quantitative estimate of drug-likeness (QED) is 0.169. The van der Waals surface area contributed by atoms with E-state index in [1.807, 2.05) is 23.5 Å². The minimum atomic E-state index is 0.00409. The minimum absolute atomic E-state index is 0.00409. The van der Waals surface area contributed by atoms with Gasteiger partial charge in [0.1, 0.15) is 0 Å². The van der Waals surface area contributed by atoms with Gasteiger partial charge in [-0.3, -0.25) is 0 Å². The summed E-state index contributed by atoms with van der Waals surface area (Å²) >= 11 is 1.84. The van der Waals surface area contributed by atoms with Crippen LogP contribution in [0.2, 0.25) is 0 Å². The van der Waals surface area contributed by atoms with E-state index in [-0.39, 0.29) is 5.41 Å². The molecule has 3 nitrogen and oxygen atoms in total. The van der Waals surface area contributed by atoms with Gasteiger partial charge in [0.25, 0.3) is 0 Å². The number of aryl methyl sites for hydroxylation is 1. The second kappa shape index (κ2) is 11.4. The van der Waals surface area contributed by atoms with Crippen molar-refractivity contribution in [2.75, 3.05) is 0 Å². The molecule has 2 heterocycles. The fourth-order valence-electron chi connectivity index (χ4n) is 11.2. The molecule has 5 aliphatic rings. The standard InChI is InChI=1S/C48H39N3S/c1-3-4-12-36-28(2)15-18-39-37-19-16-33(27-41(37)48(44(36)39)34-22-29-21-30(24-34)25-35(48)23-29)47-50-45(31-10-6-5-7-11-31)49-46(51-47)32-17-20-43-40(26-32)38-13-8-9-14-42(38)52-43/h3-20,26-27,29-30,34-35H,1,21-25H2,2H3/b12-4-. The van der Waals surface area contributed by atoms with E-state index in [0.717, 1.165) is 34.4 Å². The maximum atomic E-state index is 5.30. The Morgan fingerprint density at radius 2 is 1.27 bits per heavy atom. The number of hydrogen-bond donors (Lipinski definition) is 0. The van der Waals surface area contributed by atoms with Crippen molar-refractivity contribution in [1.29, 1.82) is 0 Å². The Labute approximate surface area is 308 Å². The second-order valence-corrected chi connectivity index (χ2v) is 16.8. The van der Waals surface area contributed by atoms with E-state index in [2.05, 4.69) is 123 Å². The van der Waals surface area contributed by atoms with Crippen LogP contribution < -0.4 is 0 Å². The maximum absolute atomic E-state index is 5.30. The lowest BCUT2D eigenvalue weighted by molar-refractivity contribution is -0.0400. The zero-order valence-corrected chi connectivity index (χ0v) is 30.2. The molecule has 7 aromatic rings. The van der Waals surface area contributed by atoms with Crippen LogP contribution in [0.3, 0.4) is 0 Å². The van der Waals surface area contributed by atoms with Gasteiger partial charge < -0.3 is 0 Å². The van der Waals surface area contributed by atoms with Crippen molar-refractivity contribution in [2.24, 2.45) is 23.7 Å². The van der Waals surface area contributed by atoms with Gasteiger partial charge in [0.15, 0.2) is 17.5 Å². The molecule has 2 aromatic heterocycles. The van der Waals surface area contributed by atoms with Crippen molar-refractivity contribution in [1.82, 2.24) is 15.0 Å². The van der Waals surface area contributed by atoms with Gasteiger partial charge in [-0.25, -0.2) is 15.0 Å². The predicted octanol–water partition coefficient (Wildman–Crippen LogP) is 12.5. The number of hydrogen-bond acceptors (Lipinski definition) is 4. The van der Waals surface area contributed by atoms with Crippen LogP contribution in [0.4, 0.5) is 0 Å². The fraction of sp³-hybridized carbons (Fsp3) is 0.229. The Morgan fingerprint density at radius 1 is 0.635 bits per heavy atom. The number of allylic oxidation sites excluding steroid dienone is 2.